The lowest BCUT2D eigenvalue weighted by molar-refractivity contribution is -0.114. The number of rotatable bonds is 8. The van der Waals surface area contributed by atoms with Gasteiger partial charge in [0, 0.05) is 24.6 Å². The van der Waals surface area contributed by atoms with Gasteiger partial charge in [0.25, 0.3) is 0 Å². The number of hydrogen-bond donors (Lipinski definition) is 2. The summed E-state index contributed by atoms with van der Waals surface area (Å²) in [4.78, 5) is 12.2. The molecule has 2 rings (SSSR count). The van der Waals surface area contributed by atoms with Crippen molar-refractivity contribution in [2.75, 3.05) is 37.5 Å². The van der Waals surface area contributed by atoms with Gasteiger partial charge in [-0.05, 0) is 44.0 Å². The van der Waals surface area contributed by atoms with E-state index in [4.69, 9.17) is 9.47 Å². The van der Waals surface area contributed by atoms with Crippen molar-refractivity contribution in [1.82, 2.24) is 0 Å². The van der Waals surface area contributed by atoms with E-state index >= 15 is 0 Å². The number of benzene rings is 2. The van der Waals surface area contributed by atoms with Crippen LogP contribution in [0.4, 0.5) is 11.4 Å². The average Bonchev–Trinajstić information content (AvgIpc) is 2.54. The molecule has 0 unspecified atom stereocenters. The minimum atomic E-state index is -0.103. The van der Waals surface area contributed by atoms with Crippen molar-refractivity contribution in [3.63, 3.8) is 0 Å². The molecule has 0 aliphatic rings. The molecule has 0 saturated heterocycles. The van der Waals surface area contributed by atoms with E-state index in [0.717, 1.165) is 16.8 Å². The normalized spacial score (nSPS) is 10.4. The highest BCUT2D eigenvalue weighted by atomic mass is 16.5. The van der Waals surface area contributed by atoms with E-state index < -0.39 is 0 Å². The zero-order valence-corrected chi connectivity index (χ0v) is 15.3. The minimum Gasteiger partial charge on any atom is -0.491 e. The second kappa shape index (κ2) is 9.08. The van der Waals surface area contributed by atoms with E-state index in [1.807, 2.05) is 32.0 Å². The Bertz CT molecular complexity index is 706. The summed E-state index contributed by atoms with van der Waals surface area (Å²) in [7, 11) is 1.63. The summed E-state index contributed by atoms with van der Waals surface area (Å²) in [6.07, 6.45) is 0. The zero-order valence-electron chi connectivity index (χ0n) is 15.3. The maximum atomic E-state index is 12.2. The van der Waals surface area contributed by atoms with Crippen molar-refractivity contribution in [2.45, 2.75) is 20.8 Å². The fraction of sp³-hybridized carbons (Fsp3) is 0.350. The number of aryl methyl sites for hydroxylation is 3. The molecule has 2 N–H and O–H groups in total. The maximum absolute atomic E-state index is 12.2. The fourth-order valence-corrected chi connectivity index (χ4v) is 2.74. The highest BCUT2D eigenvalue weighted by Gasteiger charge is 2.07. The summed E-state index contributed by atoms with van der Waals surface area (Å²) in [6, 6.07) is 11.5. The number of anilines is 2. The van der Waals surface area contributed by atoms with E-state index in [1.54, 1.807) is 13.2 Å². The van der Waals surface area contributed by atoms with Crippen LogP contribution in [0.15, 0.2) is 36.4 Å². The van der Waals surface area contributed by atoms with Crippen LogP contribution in [-0.4, -0.2) is 32.8 Å². The Labute approximate surface area is 149 Å². The third-order valence-electron chi connectivity index (χ3n) is 3.78. The molecule has 0 bridgehead atoms. The van der Waals surface area contributed by atoms with Crippen molar-refractivity contribution < 1.29 is 14.3 Å². The summed E-state index contributed by atoms with van der Waals surface area (Å²) in [6.45, 7) is 7.36. The van der Waals surface area contributed by atoms with Gasteiger partial charge in [0.05, 0.1) is 13.2 Å². The Morgan fingerprint density at radius 3 is 2.44 bits per heavy atom. The number of nitrogens with one attached hydrogen (secondary N) is 2. The van der Waals surface area contributed by atoms with Crippen molar-refractivity contribution in [3.05, 3.63) is 53.1 Å². The first-order valence-corrected chi connectivity index (χ1v) is 8.33. The fourth-order valence-electron chi connectivity index (χ4n) is 2.74. The quantitative estimate of drug-likeness (QED) is 0.718. The molecule has 0 fully saturated rings. The second-order valence-electron chi connectivity index (χ2n) is 6.04. The molecular formula is C20H26N2O3. The predicted octanol–water partition coefficient (Wildman–Crippen LogP) is 3.69. The van der Waals surface area contributed by atoms with E-state index in [-0.39, 0.29) is 12.5 Å². The standard InChI is InChI=1S/C20H26N2O3/c1-14-10-15(2)20(16(3)11-14)21-13-19(23)22-17-6-5-7-18(12-17)25-9-8-24-4/h5-7,10-12,21H,8-9,13H2,1-4H3,(H,22,23). The maximum Gasteiger partial charge on any atom is 0.243 e. The Morgan fingerprint density at radius 2 is 1.76 bits per heavy atom. The van der Waals surface area contributed by atoms with Crippen LogP contribution in [-0.2, 0) is 9.53 Å². The monoisotopic (exact) mass is 342 g/mol. The third-order valence-corrected chi connectivity index (χ3v) is 3.78. The van der Waals surface area contributed by atoms with Crippen LogP contribution in [0.1, 0.15) is 16.7 Å². The summed E-state index contributed by atoms with van der Waals surface area (Å²) in [5.41, 5.74) is 5.21. The van der Waals surface area contributed by atoms with Gasteiger partial charge in [0.15, 0.2) is 0 Å². The predicted molar refractivity (Wildman–Crippen MR) is 102 cm³/mol. The van der Waals surface area contributed by atoms with Gasteiger partial charge in [0.2, 0.25) is 5.91 Å². The first-order chi connectivity index (χ1) is 12.0. The van der Waals surface area contributed by atoms with E-state index in [0.29, 0.717) is 24.7 Å². The van der Waals surface area contributed by atoms with Gasteiger partial charge in [-0.2, -0.15) is 0 Å². The van der Waals surface area contributed by atoms with Crippen LogP contribution >= 0.6 is 0 Å². The first-order valence-electron chi connectivity index (χ1n) is 8.33. The number of ether oxygens (including phenoxy) is 2. The summed E-state index contributed by atoms with van der Waals surface area (Å²) in [5, 5.41) is 6.11. The summed E-state index contributed by atoms with van der Waals surface area (Å²) >= 11 is 0. The van der Waals surface area contributed by atoms with Gasteiger partial charge in [-0.3, -0.25) is 4.79 Å². The lowest BCUT2D eigenvalue weighted by Crippen LogP contribution is -2.22. The van der Waals surface area contributed by atoms with Crippen molar-refractivity contribution >= 4 is 17.3 Å². The van der Waals surface area contributed by atoms with Gasteiger partial charge in [-0.25, -0.2) is 0 Å². The van der Waals surface area contributed by atoms with Gasteiger partial charge in [-0.1, -0.05) is 23.8 Å². The number of methoxy groups -OCH3 is 1. The number of carbonyl (C=O) groups is 1. The number of amides is 1. The molecule has 0 heterocycles. The van der Waals surface area contributed by atoms with Crippen molar-refractivity contribution in [3.8, 4) is 5.75 Å². The molecular weight excluding hydrogens is 316 g/mol. The van der Waals surface area contributed by atoms with Gasteiger partial charge in [0.1, 0.15) is 12.4 Å². The zero-order chi connectivity index (χ0) is 18.2. The molecule has 5 heteroatoms. The van der Waals surface area contributed by atoms with Crippen LogP contribution in [0.3, 0.4) is 0 Å². The van der Waals surface area contributed by atoms with E-state index in [9.17, 15) is 4.79 Å². The molecule has 25 heavy (non-hydrogen) atoms. The number of carbonyl (C=O) groups excluding carboxylic acids is 1. The summed E-state index contributed by atoms with van der Waals surface area (Å²) < 4.78 is 10.5. The SMILES string of the molecule is COCCOc1cccc(NC(=O)CNc2c(C)cc(C)cc2C)c1. The average molecular weight is 342 g/mol. The molecule has 0 aromatic heterocycles. The Kier molecular flexibility index (Phi) is 6.83. The Balaban J connectivity index is 1.91. The first kappa shape index (κ1) is 18.8. The van der Waals surface area contributed by atoms with Crippen LogP contribution in [0.25, 0.3) is 0 Å². The molecule has 0 aliphatic heterocycles. The highest BCUT2D eigenvalue weighted by molar-refractivity contribution is 5.94. The van der Waals surface area contributed by atoms with Crippen molar-refractivity contribution in [2.24, 2.45) is 0 Å². The van der Waals surface area contributed by atoms with E-state index in [2.05, 4.69) is 29.7 Å². The molecule has 0 aliphatic carbocycles. The largest absolute Gasteiger partial charge is 0.491 e. The molecule has 0 radical (unpaired) electrons. The van der Waals surface area contributed by atoms with Gasteiger partial charge in [-0.15, -0.1) is 0 Å². The van der Waals surface area contributed by atoms with Crippen LogP contribution in [0.2, 0.25) is 0 Å². The van der Waals surface area contributed by atoms with E-state index in [1.165, 1.54) is 5.56 Å². The van der Waals surface area contributed by atoms with Crippen LogP contribution < -0.4 is 15.4 Å². The molecule has 2 aromatic rings. The van der Waals surface area contributed by atoms with Gasteiger partial charge >= 0.3 is 0 Å². The molecule has 2 aromatic carbocycles. The lowest BCUT2D eigenvalue weighted by Gasteiger charge is -2.14. The summed E-state index contributed by atoms with van der Waals surface area (Å²) in [5.74, 6) is 0.599. The Morgan fingerprint density at radius 1 is 1.04 bits per heavy atom. The van der Waals surface area contributed by atoms with Crippen molar-refractivity contribution in [1.29, 1.82) is 0 Å². The second-order valence-corrected chi connectivity index (χ2v) is 6.04. The van der Waals surface area contributed by atoms with Crippen LogP contribution in [0, 0.1) is 20.8 Å². The molecule has 1 amide bonds. The minimum absolute atomic E-state index is 0.103. The Hall–Kier alpha value is -2.53. The molecule has 0 saturated carbocycles. The molecule has 0 spiro atoms. The number of hydrogen-bond acceptors (Lipinski definition) is 4. The van der Waals surface area contributed by atoms with Gasteiger partial charge < -0.3 is 20.1 Å². The third kappa shape index (κ3) is 5.80. The molecule has 134 valence electrons. The topological polar surface area (TPSA) is 59.6 Å². The van der Waals surface area contributed by atoms with Crippen LogP contribution in [0.5, 0.6) is 5.75 Å². The highest BCUT2D eigenvalue weighted by Crippen LogP contribution is 2.22. The lowest BCUT2D eigenvalue weighted by atomic mass is 10.1. The smallest absolute Gasteiger partial charge is 0.243 e. The molecule has 5 nitrogen and oxygen atoms in total. The molecule has 0 atom stereocenters.